The van der Waals surface area contributed by atoms with E-state index in [4.69, 9.17) is 10.2 Å². The summed E-state index contributed by atoms with van der Waals surface area (Å²) in [5.74, 6) is 0.730. The highest BCUT2D eigenvalue weighted by Crippen LogP contribution is 2.38. The lowest BCUT2D eigenvalue weighted by Crippen LogP contribution is -2.27. The summed E-state index contributed by atoms with van der Waals surface area (Å²) >= 11 is 1.50. The molecule has 0 saturated carbocycles. The third-order valence-corrected chi connectivity index (χ3v) is 5.16. The van der Waals surface area contributed by atoms with Crippen molar-refractivity contribution in [3.8, 4) is 6.07 Å². The van der Waals surface area contributed by atoms with E-state index in [1.54, 1.807) is 0 Å². The average molecular weight is 270 g/mol. The zero-order valence-corrected chi connectivity index (χ0v) is 12.5. The lowest BCUT2D eigenvalue weighted by atomic mass is 9.71. The van der Waals surface area contributed by atoms with Gasteiger partial charge in [0.25, 0.3) is 0 Å². The first-order chi connectivity index (χ1) is 8.97. The molecule has 1 atom stereocenters. The first-order valence-electron chi connectivity index (χ1n) is 6.80. The van der Waals surface area contributed by atoms with Crippen LogP contribution in [0.4, 0.5) is 0 Å². The second kappa shape index (κ2) is 4.31. The molecule has 2 aromatic rings. The van der Waals surface area contributed by atoms with Crippen molar-refractivity contribution in [2.24, 2.45) is 11.3 Å². The zero-order chi connectivity index (χ0) is 13.6. The Morgan fingerprint density at radius 2 is 2.16 bits per heavy atom. The molecule has 0 radical (unpaired) electrons. The number of nitrogens with zero attached hydrogens (tertiary/aromatic N) is 2. The van der Waals surface area contributed by atoms with E-state index in [1.807, 2.05) is 6.07 Å². The van der Waals surface area contributed by atoms with Gasteiger partial charge < -0.3 is 0 Å². The van der Waals surface area contributed by atoms with Crippen molar-refractivity contribution in [3.05, 3.63) is 28.3 Å². The Labute approximate surface area is 118 Å². The molecule has 3 heteroatoms. The van der Waals surface area contributed by atoms with Crippen molar-refractivity contribution >= 4 is 21.6 Å². The molecule has 0 amide bonds. The monoisotopic (exact) mass is 270 g/mol. The van der Waals surface area contributed by atoms with Crippen molar-refractivity contribution < 1.29 is 0 Å². The molecule has 3 rings (SSSR count). The highest BCUT2D eigenvalue weighted by Gasteiger charge is 2.29. The van der Waals surface area contributed by atoms with Crippen LogP contribution < -0.4 is 0 Å². The van der Waals surface area contributed by atoms with E-state index < -0.39 is 0 Å². The Morgan fingerprint density at radius 1 is 1.37 bits per heavy atom. The van der Waals surface area contributed by atoms with Gasteiger partial charge in [-0.15, -0.1) is 11.3 Å². The minimum Gasteiger partial charge on any atom is -0.242 e. The Morgan fingerprint density at radius 3 is 2.84 bits per heavy atom. The fraction of sp³-hybridized carbons (Fsp3) is 0.500. The molecule has 2 aromatic heterocycles. The van der Waals surface area contributed by atoms with Gasteiger partial charge in [0.15, 0.2) is 0 Å². The van der Waals surface area contributed by atoms with Crippen molar-refractivity contribution in [3.63, 3.8) is 0 Å². The Kier molecular flexibility index (Phi) is 2.87. The second-order valence-corrected chi connectivity index (χ2v) is 7.55. The van der Waals surface area contributed by atoms with Gasteiger partial charge in [0.2, 0.25) is 0 Å². The lowest BCUT2D eigenvalue weighted by Gasteiger charge is -2.34. The number of aryl methyl sites for hydroxylation is 1. The molecule has 1 aliphatic rings. The van der Waals surface area contributed by atoms with E-state index in [9.17, 15) is 0 Å². The molecule has 0 unspecified atom stereocenters. The van der Waals surface area contributed by atoms with Crippen LogP contribution >= 0.6 is 11.3 Å². The Balaban J connectivity index is 2.03. The predicted molar refractivity (Wildman–Crippen MR) is 79.3 cm³/mol. The molecular weight excluding hydrogens is 252 g/mol. The summed E-state index contributed by atoms with van der Waals surface area (Å²) in [5, 5.41) is 10.1. The Hall–Kier alpha value is -1.40. The summed E-state index contributed by atoms with van der Waals surface area (Å²) in [6, 6.07) is 6.44. The smallest absolute Gasteiger partial charge is 0.124 e. The average Bonchev–Trinajstić information content (AvgIpc) is 2.75. The van der Waals surface area contributed by atoms with Gasteiger partial charge in [0, 0.05) is 11.1 Å². The third kappa shape index (κ3) is 2.26. The van der Waals surface area contributed by atoms with Gasteiger partial charge in [-0.3, -0.25) is 0 Å². The number of pyridine rings is 1. The van der Waals surface area contributed by atoms with E-state index >= 15 is 0 Å². The van der Waals surface area contributed by atoms with Crippen LogP contribution in [-0.4, -0.2) is 4.98 Å². The van der Waals surface area contributed by atoms with Crippen molar-refractivity contribution in [2.75, 3.05) is 0 Å². The highest BCUT2D eigenvalue weighted by molar-refractivity contribution is 7.19. The maximum atomic E-state index is 8.99. The molecular formula is C16H18N2S. The molecule has 0 bridgehead atoms. The zero-order valence-electron chi connectivity index (χ0n) is 11.7. The summed E-state index contributed by atoms with van der Waals surface area (Å²) < 4.78 is 0. The molecule has 2 nitrogen and oxygen atoms in total. The van der Waals surface area contributed by atoms with Crippen LogP contribution in [0.15, 0.2) is 12.1 Å². The van der Waals surface area contributed by atoms with E-state index in [1.165, 1.54) is 29.0 Å². The molecule has 1 aliphatic carbocycles. The molecule has 0 saturated heterocycles. The van der Waals surface area contributed by atoms with E-state index in [0.717, 1.165) is 33.9 Å². The summed E-state index contributed by atoms with van der Waals surface area (Å²) in [6.45, 7) is 6.98. The first kappa shape index (κ1) is 12.6. The van der Waals surface area contributed by atoms with Crippen LogP contribution in [0.5, 0.6) is 0 Å². The molecule has 0 fully saturated rings. The van der Waals surface area contributed by atoms with Gasteiger partial charge in [0.1, 0.15) is 15.8 Å². The number of aromatic nitrogens is 1. The van der Waals surface area contributed by atoms with Gasteiger partial charge in [-0.1, -0.05) is 20.8 Å². The number of thiophene rings is 1. The predicted octanol–water partition coefficient (Wildman–Crippen LogP) is 4.32. The number of hydrogen-bond acceptors (Lipinski definition) is 3. The van der Waals surface area contributed by atoms with Gasteiger partial charge in [-0.05, 0) is 48.3 Å². The van der Waals surface area contributed by atoms with Crippen LogP contribution in [0.1, 0.15) is 43.3 Å². The normalized spacial score (nSPS) is 19.2. The third-order valence-electron chi connectivity index (χ3n) is 4.21. The Bertz CT molecular complexity index is 670. The molecule has 0 aromatic carbocycles. The van der Waals surface area contributed by atoms with E-state index in [-0.39, 0.29) is 0 Å². The molecule has 19 heavy (non-hydrogen) atoms. The summed E-state index contributed by atoms with van der Waals surface area (Å²) in [7, 11) is 0. The summed E-state index contributed by atoms with van der Waals surface area (Å²) in [5.41, 5.74) is 3.00. The van der Waals surface area contributed by atoms with Gasteiger partial charge >= 0.3 is 0 Å². The fourth-order valence-corrected chi connectivity index (χ4v) is 3.75. The molecule has 2 heterocycles. The largest absolute Gasteiger partial charge is 0.242 e. The minimum atomic E-state index is 0.360. The van der Waals surface area contributed by atoms with Gasteiger partial charge in [0.05, 0.1) is 0 Å². The fourth-order valence-electron chi connectivity index (χ4n) is 2.92. The standard InChI is InChI=1S/C16H18N2S/c1-16(2,3)12-4-5-14-10(7-12)6-11-8-13(9-17)19-15(11)18-14/h6,8,12H,4-5,7H2,1-3H3/t12-/m0/s1. The minimum absolute atomic E-state index is 0.360. The molecule has 0 N–H and O–H groups in total. The van der Waals surface area contributed by atoms with Gasteiger partial charge in [-0.2, -0.15) is 5.26 Å². The van der Waals surface area contributed by atoms with Crippen LogP contribution in [0.25, 0.3) is 10.2 Å². The number of fused-ring (bicyclic) bond motifs is 2. The maximum Gasteiger partial charge on any atom is 0.124 e. The SMILES string of the molecule is CC(C)(C)[C@H]1CCc2nc3sc(C#N)cc3cc2C1. The van der Waals surface area contributed by atoms with Crippen LogP contribution in [0.2, 0.25) is 0 Å². The van der Waals surface area contributed by atoms with Crippen molar-refractivity contribution in [2.45, 2.75) is 40.0 Å². The van der Waals surface area contributed by atoms with Gasteiger partial charge in [-0.25, -0.2) is 4.98 Å². The van der Waals surface area contributed by atoms with Crippen molar-refractivity contribution in [1.82, 2.24) is 4.98 Å². The maximum absolute atomic E-state index is 8.99. The van der Waals surface area contributed by atoms with Crippen LogP contribution in [0, 0.1) is 22.7 Å². The highest BCUT2D eigenvalue weighted by atomic mass is 32.1. The number of rotatable bonds is 0. The van der Waals surface area contributed by atoms with E-state index in [0.29, 0.717) is 5.41 Å². The van der Waals surface area contributed by atoms with Crippen LogP contribution in [-0.2, 0) is 12.8 Å². The summed E-state index contributed by atoms with van der Waals surface area (Å²) in [6.07, 6.45) is 3.43. The molecule has 0 aliphatic heterocycles. The number of hydrogen-bond donors (Lipinski definition) is 0. The number of nitriles is 1. The molecule has 98 valence electrons. The molecule has 0 spiro atoms. The van der Waals surface area contributed by atoms with Crippen LogP contribution in [0.3, 0.4) is 0 Å². The van der Waals surface area contributed by atoms with Crippen molar-refractivity contribution in [1.29, 1.82) is 5.26 Å². The lowest BCUT2D eigenvalue weighted by molar-refractivity contribution is 0.215. The van der Waals surface area contributed by atoms with E-state index in [2.05, 4.69) is 32.9 Å². The quantitative estimate of drug-likeness (QED) is 0.715. The second-order valence-electron chi connectivity index (χ2n) is 6.52. The first-order valence-corrected chi connectivity index (χ1v) is 7.61. The topological polar surface area (TPSA) is 36.7 Å². The summed E-state index contributed by atoms with van der Waals surface area (Å²) in [4.78, 5) is 6.55.